The zero-order valence-corrected chi connectivity index (χ0v) is 15.8. The molecule has 1 amide bonds. The van der Waals surface area contributed by atoms with Crippen molar-refractivity contribution in [3.05, 3.63) is 34.4 Å². The normalized spacial score (nSPS) is 26.0. The number of rotatable bonds is 4. The quantitative estimate of drug-likeness (QED) is 0.816. The molecule has 6 nitrogen and oxygen atoms in total. The van der Waals surface area contributed by atoms with E-state index in [1.54, 1.807) is 12.1 Å². The van der Waals surface area contributed by atoms with E-state index in [2.05, 4.69) is 0 Å². The van der Waals surface area contributed by atoms with Gasteiger partial charge in [-0.2, -0.15) is 0 Å². The van der Waals surface area contributed by atoms with Gasteiger partial charge in [-0.15, -0.1) is 0 Å². The molecule has 27 heavy (non-hydrogen) atoms. The monoisotopic (exact) mass is 393 g/mol. The number of nitrogens with zero attached hydrogens (tertiary/aromatic N) is 1. The predicted molar refractivity (Wildman–Crippen MR) is 101 cm³/mol. The van der Waals surface area contributed by atoms with Crippen LogP contribution in [0.25, 0.3) is 6.08 Å². The summed E-state index contributed by atoms with van der Waals surface area (Å²) in [5.41, 5.74) is 1.14. The van der Waals surface area contributed by atoms with Gasteiger partial charge in [-0.3, -0.25) is 4.79 Å². The van der Waals surface area contributed by atoms with Gasteiger partial charge >= 0.3 is 0 Å². The number of hydrogen-bond donors (Lipinski definition) is 2. The topological polar surface area (TPSA) is 79.2 Å². The first-order valence-corrected chi connectivity index (χ1v) is 9.74. The van der Waals surface area contributed by atoms with Crippen LogP contribution in [0.1, 0.15) is 24.8 Å². The van der Waals surface area contributed by atoms with Crippen molar-refractivity contribution in [3.8, 4) is 5.75 Å². The Kier molecular flexibility index (Phi) is 5.16. The zero-order chi connectivity index (χ0) is 19.0. The molecule has 1 aromatic rings. The van der Waals surface area contributed by atoms with Crippen LogP contribution < -0.4 is 4.74 Å². The van der Waals surface area contributed by atoms with Gasteiger partial charge in [0.15, 0.2) is 0 Å². The first kappa shape index (κ1) is 18.7. The van der Waals surface area contributed by atoms with Gasteiger partial charge in [0.2, 0.25) is 0 Å². The first-order chi connectivity index (χ1) is 13.0. The molecular weight excluding hydrogens is 370 g/mol. The number of hydrogen-bond acceptors (Lipinski definition) is 5. The molecule has 2 atom stereocenters. The Balaban J connectivity index is 1.42. The van der Waals surface area contributed by atoms with E-state index in [4.69, 9.17) is 26.2 Å². The summed E-state index contributed by atoms with van der Waals surface area (Å²) in [6.45, 7) is 1.67. The molecule has 1 saturated carbocycles. The summed E-state index contributed by atoms with van der Waals surface area (Å²) in [5, 5.41) is 19.9. The highest BCUT2D eigenvalue weighted by atomic mass is 35.5. The van der Waals surface area contributed by atoms with E-state index >= 15 is 0 Å². The summed E-state index contributed by atoms with van der Waals surface area (Å²) in [7, 11) is 0. The maximum Gasteiger partial charge on any atom is 0.253 e. The summed E-state index contributed by atoms with van der Waals surface area (Å²) in [6.07, 6.45) is 3.42. The Hall–Kier alpha value is -1.60. The molecular formula is C20H24ClNO5. The zero-order valence-electron chi connectivity index (χ0n) is 15.1. The fourth-order valence-electron chi connectivity index (χ4n) is 4.41. The predicted octanol–water partition coefficient (Wildman–Crippen LogP) is 1.87. The molecule has 2 fully saturated rings. The van der Waals surface area contributed by atoms with Gasteiger partial charge in [-0.1, -0.05) is 11.6 Å². The van der Waals surface area contributed by atoms with Crippen molar-refractivity contribution in [2.75, 3.05) is 32.9 Å². The third-order valence-electron chi connectivity index (χ3n) is 6.09. The lowest BCUT2D eigenvalue weighted by Crippen LogP contribution is -2.63. The third kappa shape index (κ3) is 3.36. The maximum absolute atomic E-state index is 12.9. The Morgan fingerprint density at radius 2 is 2.15 bits per heavy atom. The molecule has 2 heterocycles. The Labute approximate surface area is 163 Å². The van der Waals surface area contributed by atoms with Crippen LogP contribution >= 0.6 is 11.6 Å². The minimum absolute atomic E-state index is 0.0209. The fourth-order valence-corrected chi connectivity index (χ4v) is 4.59. The summed E-state index contributed by atoms with van der Waals surface area (Å²) in [4.78, 5) is 14.7. The standard InChI is InChI=1S/C20H24ClNO5/c21-15-1-2-16-13(10-15)9-14(12-27-16)19(25)22-5-3-20(4-6-22)17(24)11-18(20)26-8-7-23/h1-2,9-10,17-18,23-24H,3-8,11-12H2/t17-,18+/m1/s1. The largest absolute Gasteiger partial charge is 0.488 e. The summed E-state index contributed by atoms with van der Waals surface area (Å²) in [6, 6.07) is 5.37. The van der Waals surface area contributed by atoms with Crippen LogP contribution in [0, 0.1) is 5.41 Å². The SMILES string of the molecule is O=C(C1=Cc2cc(Cl)ccc2OC1)N1CCC2(CC1)[C@H](O)C[C@@H]2OCCO. The Bertz CT molecular complexity index is 757. The lowest BCUT2D eigenvalue weighted by Gasteiger charge is -2.56. The van der Waals surface area contributed by atoms with Crippen molar-refractivity contribution in [2.45, 2.75) is 31.5 Å². The van der Waals surface area contributed by atoms with Crippen molar-refractivity contribution in [3.63, 3.8) is 0 Å². The average molecular weight is 394 g/mol. The van der Waals surface area contributed by atoms with Crippen LogP contribution in [-0.4, -0.2) is 66.1 Å². The molecule has 7 heteroatoms. The molecule has 0 unspecified atom stereocenters. The van der Waals surface area contributed by atoms with Gasteiger partial charge in [0, 0.05) is 35.5 Å². The number of fused-ring (bicyclic) bond motifs is 1. The van der Waals surface area contributed by atoms with Crippen LogP contribution in [-0.2, 0) is 9.53 Å². The molecule has 146 valence electrons. The highest BCUT2D eigenvalue weighted by molar-refractivity contribution is 6.30. The van der Waals surface area contributed by atoms with Crippen molar-refractivity contribution >= 4 is 23.6 Å². The number of carbonyl (C=O) groups excluding carboxylic acids is 1. The molecule has 3 aliphatic rings. The van der Waals surface area contributed by atoms with Gasteiger partial charge in [0.1, 0.15) is 12.4 Å². The fraction of sp³-hybridized carbons (Fsp3) is 0.550. The van der Waals surface area contributed by atoms with E-state index in [-0.39, 0.29) is 37.2 Å². The minimum Gasteiger partial charge on any atom is -0.488 e. The van der Waals surface area contributed by atoms with Gasteiger partial charge in [0.05, 0.1) is 31.0 Å². The summed E-state index contributed by atoms with van der Waals surface area (Å²) < 4.78 is 11.4. The van der Waals surface area contributed by atoms with Crippen molar-refractivity contribution in [1.82, 2.24) is 4.90 Å². The molecule has 1 aromatic carbocycles. The second kappa shape index (κ2) is 7.43. The van der Waals surface area contributed by atoms with Gasteiger partial charge in [-0.25, -0.2) is 0 Å². The van der Waals surface area contributed by atoms with Crippen molar-refractivity contribution in [1.29, 1.82) is 0 Å². The highest BCUT2D eigenvalue weighted by Crippen LogP contribution is 2.51. The Morgan fingerprint density at radius 1 is 1.37 bits per heavy atom. The van der Waals surface area contributed by atoms with Crippen LogP contribution in [0.15, 0.2) is 23.8 Å². The number of halogens is 1. The number of ether oxygens (including phenoxy) is 2. The number of piperidine rings is 1. The third-order valence-corrected chi connectivity index (χ3v) is 6.33. The van der Waals surface area contributed by atoms with Crippen LogP contribution in [0.3, 0.4) is 0 Å². The number of likely N-dealkylation sites (tertiary alicyclic amines) is 1. The molecule has 2 aliphatic heterocycles. The van der Waals surface area contributed by atoms with Gasteiger partial charge in [-0.05, 0) is 37.1 Å². The lowest BCUT2D eigenvalue weighted by atomic mass is 9.58. The number of benzene rings is 1. The molecule has 4 rings (SSSR count). The lowest BCUT2D eigenvalue weighted by molar-refractivity contribution is -0.213. The number of aliphatic hydroxyl groups is 2. The van der Waals surface area contributed by atoms with E-state index in [0.29, 0.717) is 42.9 Å². The molecule has 1 spiro atoms. The van der Waals surface area contributed by atoms with Gasteiger partial charge in [0.25, 0.3) is 5.91 Å². The number of carbonyl (C=O) groups is 1. The smallest absolute Gasteiger partial charge is 0.253 e. The highest BCUT2D eigenvalue weighted by Gasteiger charge is 2.56. The summed E-state index contributed by atoms with van der Waals surface area (Å²) >= 11 is 6.04. The number of aliphatic hydroxyl groups excluding tert-OH is 2. The minimum atomic E-state index is -0.398. The van der Waals surface area contributed by atoms with Crippen molar-refractivity contribution < 1.29 is 24.5 Å². The van der Waals surface area contributed by atoms with E-state index < -0.39 is 6.10 Å². The van der Waals surface area contributed by atoms with E-state index in [9.17, 15) is 9.90 Å². The molecule has 0 radical (unpaired) electrons. The van der Waals surface area contributed by atoms with E-state index in [0.717, 1.165) is 11.3 Å². The van der Waals surface area contributed by atoms with E-state index in [1.807, 2.05) is 17.0 Å². The van der Waals surface area contributed by atoms with Crippen LogP contribution in [0.4, 0.5) is 0 Å². The first-order valence-electron chi connectivity index (χ1n) is 9.36. The maximum atomic E-state index is 12.9. The molecule has 0 aromatic heterocycles. The average Bonchev–Trinajstić information content (AvgIpc) is 2.70. The molecule has 0 bridgehead atoms. The van der Waals surface area contributed by atoms with Gasteiger partial charge < -0.3 is 24.6 Å². The second-order valence-electron chi connectivity index (χ2n) is 7.50. The molecule has 1 aliphatic carbocycles. The molecule has 2 N–H and O–H groups in total. The van der Waals surface area contributed by atoms with Crippen LogP contribution in [0.5, 0.6) is 5.75 Å². The Morgan fingerprint density at radius 3 is 2.85 bits per heavy atom. The van der Waals surface area contributed by atoms with Crippen LogP contribution in [0.2, 0.25) is 5.02 Å². The second-order valence-corrected chi connectivity index (χ2v) is 7.94. The van der Waals surface area contributed by atoms with E-state index in [1.165, 1.54) is 0 Å². The number of amides is 1. The molecule has 1 saturated heterocycles. The summed E-state index contributed by atoms with van der Waals surface area (Å²) in [5.74, 6) is 0.701. The van der Waals surface area contributed by atoms with Crippen molar-refractivity contribution in [2.24, 2.45) is 5.41 Å².